The second-order valence-corrected chi connectivity index (χ2v) is 4.51. The maximum atomic E-state index is 8.98. The van der Waals surface area contributed by atoms with Crippen molar-refractivity contribution in [2.75, 3.05) is 0 Å². The maximum absolute atomic E-state index is 8.98. The number of nitriles is 1. The second kappa shape index (κ2) is 3.84. The van der Waals surface area contributed by atoms with E-state index < -0.39 is 0 Å². The molecule has 1 rings (SSSR count). The molecule has 0 aliphatic carbocycles. The highest BCUT2D eigenvalue weighted by atomic mass is 14.3. The van der Waals surface area contributed by atoms with Gasteiger partial charge in [0.15, 0.2) is 0 Å². The smallest absolute Gasteiger partial charge is 0.0766 e. The van der Waals surface area contributed by atoms with Crippen LogP contribution >= 0.6 is 0 Å². The van der Waals surface area contributed by atoms with Gasteiger partial charge in [0.1, 0.15) is 0 Å². The van der Waals surface area contributed by atoms with E-state index in [9.17, 15) is 0 Å². The van der Waals surface area contributed by atoms with Gasteiger partial charge in [-0.05, 0) is 30.9 Å². The van der Waals surface area contributed by atoms with Gasteiger partial charge in [-0.15, -0.1) is 0 Å². The molecular formula is C13H17N. The molecule has 0 saturated heterocycles. The van der Waals surface area contributed by atoms with Gasteiger partial charge in [0.05, 0.1) is 11.5 Å². The van der Waals surface area contributed by atoms with E-state index in [1.54, 1.807) is 0 Å². The molecule has 0 saturated carbocycles. The highest BCUT2D eigenvalue weighted by molar-refractivity contribution is 5.33. The molecule has 0 radical (unpaired) electrons. The van der Waals surface area contributed by atoms with Gasteiger partial charge in [0, 0.05) is 0 Å². The first-order chi connectivity index (χ1) is 6.47. The van der Waals surface area contributed by atoms with Gasteiger partial charge in [0.25, 0.3) is 0 Å². The first-order valence-electron chi connectivity index (χ1n) is 4.99. The number of hydrogen-bond acceptors (Lipinski definition) is 1. The SMILES string of the molecule is CC(C)c1ccc(C(C)(C)C#N)cc1. The van der Waals surface area contributed by atoms with Gasteiger partial charge in [-0.3, -0.25) is 0 Å². The van der Waals surface area contributed by atoms with Crippen molar-refractivity contribution in [3.05, 3.63) is 35.4 Å². The molecule has 0 amide bonds. The zero-order valence-corrected chi connectivity index (χ0v) is 9.33. The maximum Gasteiger partial charge on any atom is 0.0766 e. The Labute approximate surface area is 86.4 Å². The molecule has 0 aliphatic heterocycles. The van der Waals surface area contributed by atoms with Crippen molar-refractivity contribution < 1.29 is 0 Å². The predicted octanol–water partition coefficient (Wildman–Crippen LogP) is 3.61. The van der Waals surface area contributed by atoms with Gasteiger partial charge in [0.2, 0.25) is 0 Å². The minimum Gasteiger partial charge on any atom is -0.197 e. The van der Waals surface area contributed by atoms with E-state index in [0.717, 1.165) is 5.56 Å². The molecule has 0 heterocycles. The fraction of sp³-hybridized carbons (Fsp3) is 0.462. The van der Waals surface area contributed by atoms with Crippen molar-refractivity contribution >= 4 is 0 Å². The summed E-state index contributed by atoms with van der Waals surface area (Å²) in [7, 11) is 0. The Morgan fingerprint density at radius 2 is 1.64 bits per heavy atom. The zero-order chi connectivity index (χ0) is 10.8. The van der Waals surface area contributed by atoms with Crippen LogP contribution in [-0.4, -0.2) is 0 Å². The van der Waals surface area contributed by atoms with Crippen LogP contribution in [0.5, 0.6) is 0 Å². The lowest BCUT2D eigenvalue weighted by atomic mass is 9.85. The second-order valence-electron chi connectivity index (χ2n) is 4.51. The van der Waals surface area contributed by atoms with Crippen LogP contribution in [-0.2, 0) is 5.41 Å². The lowest BCUT2D eigenvalue weighted by Gasteiger charge is -2.16. The summed E-state index contributed by atoms with van der Waals surface area (Å²) < 4.78 is 0. The molecule has 0 aromatic heterocycles. The van der Waals surface area contributed by atoms with Crippen LogP contribution in [0.3, 0.4) is 0 Å². The van der Waals surface area contributed by atoms with Crippen LogP contribution in [0.1, 0.15) is 44.7 Å². The molecule has 14 heavy (non-hydrogen) atoms. The van der Waals surface area contributed by atoms with E-state index in [1.165, 1.54) is 5.56 Å². The minimum absolute atomic E-state index is 0.379. The molecule has 0 aliphatic rings. The summed E-state index contributed by atoms with van der Waals surface area (Å²) >= 11 is 0. The number of hydrogen-bond donors (Lipinski definition) is 0. The summed E-state index contributed by atoms with van der Waals surface area (Å²) in [6.07, 6.45) is 0. The van der Waals surface area contributed by atoms with E-state index in [4.69, 9.17) is 5.26 Å². The molecule has 1 aromatic rings. The van der Waals surface area contributed by atoms with Crippen molar-refractivity contribution in [2.24, 2.45) is 0 Å². The third-order valence-electron chi connectivity index (χ3n) is 2.58. The number of rotatable bonds is 2. The lowest BCUT2D eigenvalue weighted by Crippen LogP contribution is -2.13. The molecule has 1 heteroatoms. The number of nitrogens with zero attached hydrogens (tertiary/aromatic N) is 1. The predicted molar refractivity (Wildman–Crippen MR) is 59.2 cm³/mol. The minimum atomic E-state index is -0.379. The average molecular weight is 187 g/mol. The molecule has 74 valence electrons. The van der Waals surface area contributed by atoms with Gasteiger partial charge in [-0.1, -0.05) is 38.1 Å². The molecule has 0 atom stereocenters. The molecule has 0 unspecified atom stereocenters. The third kappa shape index (κ3) is 2.14. The van der Waals surface area contributed by atoms with Crippen LogP contribution in [0, 0.1) is 11.3 Å². The molecular weight excluding hydrogens is 170 g/mol. The fourth-order valence-corrected chi connectivity index (χ4v) is 1.35. The van der Waals surface area contributed by atoms with Crippen molar-refractivity contribution in [3.63, 3.8) is 0 Å². The summed E-state index contributed by atoms with van der Waals surface area (Å²) in [6, 6.07) is 10.6. The van der Waals surface area contributed by atoms with Crippen LogP contribution in [0.4, 0.5) is 0 Å². The Morgan fingerprint density at radius 3 is 2.00 bits per heavy atom. The average Bonchev–Trinajstić information content (AvgIpc) is 2.18. The fourth-order valence-electron chi connectivity index (χ4n) is 1.35. The summed E-state index contributed by atoms with van der Waals surface area (Å²) in [6.45, 7) is 8.23. The normalized spacial score (nSPS) is 11.4. The van der Waals surface area contributed by atoms with Gasteiger partial charge in [-0.25, -0.2) is 0 Å². The topological polar surface area (TPSA) is 23.8 Å². The van der Waals surface area contributed by atoms with Crippen molar-refractivity contribution in [3.8, 4) is 6.07 Å². The Morgan fingerprint density at radius 1 is 1.14 bits per heavy atom. The molecule has 0 spiro atoms. The van der Waals surface area contributed by atoms with Crippen molar-refractivity contribution in [1.29, 1.82) is 5.26 Å². The molecule has 0 N–H and O–H groups in total. The van der Waals surface area contributed by atoms with E-state index in [1.807, 2.05) is 13.8 Å². The molecule has 0 fully saturated rings. The molecule has 0 bridgehead atoms. The van der Waals surface area contributed by atoms with Crippen molar-refractivity contribution in [1.82, 2.24) is 0 Å². The van der Waals surface area contributed by atoms with Crippen molar-refractivity contribution in [2.45, 2.75) is 39.0 Å². The van der Waals surface area contributed by atoms with E-state index >= 15 is 0 Å². The standard InChI is InChI=1S/C13H17N/c1-10(2)11-5-7-12(8-6-11)13(3,4)9-14/h5-8,10H,1-4H3. The summed E-state index contributed by atoms with van der Waals surface area (Å²) in [5, 5.41) is 8.98. The summed E-state index contributed by atoms with van der Waals surface area (Å²) in [4.78, 5) is 0. The first-order valence-corrected chi connectivity index (χ1v) is 4.99. The van der Waals surface area contributed by atoms with Gasteiger partial charge in [-0.2, -0.15) is 5.26 Å². The van der Waals surface area contributed by atoms with Gasteiger partial charge >= 0.3 is 0 Å². The van der Waals surface area contributed by atoms with E-state index in [0.29, 0.717) is 5.92 Å². The Balaban J connectivity index is 3.01. The number of benzene rings is 1. The van der Waals surface area contributed by atoms with Crippen LogP contribution in [0.15, 0.2) is 24.3 Å². The van der Waals surface area contributed by atoms with E-state index in [2.05, 4.69) is 44.2 Å². The Hall–Kier alpha value is -1.29. The highest BCUT2D eigenvalue weighted by Crippen LogP contribution is 2.24. The summed E-state index contributed by atoms with van der Waals surface area (Å²) in [5.41, 5.74) is 2.03. The van der Waals surface area contributed by atoms with E-state index in [-0.39, 0.29) is 5.41 Å². The van der Waals surface area contributed by atoms with Gasteiger partial charge < -0.3 is 0 Å². The first kappa shape index (κ1) is 10.8. The quantitative estimate of drug-likeness (QED) is 0.693. The molecule has 1 nitrogen and oxygen atoms in total. The third-order valence-corrected chi connectivity index (χ3v) is 2.58. The lowest BCUT2D eigenvalue weighted by molar-refractivity contribution is 0.685. The zero-order valence-electron chi connectivity index (χ0n) is 9.33. The van der Waals surface area contributed by atoms with Crippen LogP contribution in [0.25, 0.3) is 0 Å². The van der Waals surface area contributed by atoms with Crippen LogP contribution < -0.4 is 0 Å². The van der Waals surface area contributed by atoms with Crippen LogP contribution in [0.2, 0.25) is 0 Å². The highest BCUT2D eigenvalue weighted by Gasteiger charge is 2.19. The Bertz CT molecular complexity index is 338. The summed E-state index contributed by atoms with van der Waals surface area (Å²) in [5.74, 6) is 0.550. The molecule has 1 aromatic carbocycles. The Kier molecular flexibility index (Phi) is 2.96. The monoisotopic (exact) mass is 187 g/mol. The largest absolute Gasteiger partial charge is 0.197 e.